The van der Waals surface area contributed by atoms with Crippen LogP contribution in [0.2, 0.25) is 5.02 Å². The Bertz CT molecular complexity index is 430. The number of methoxy groups -OCH3 is 1. The largest absolute Gasteiger partial charge is 0.493 e. The quantitative estimate of drug-likeness (QED) is 0.865. The third-order valence-electron chi connectivity index (χ3n) is 2.59. The van der Waals surface area contributed by atoms with Crippen molar-refractivity contribution in [3.63, 3.8) is 0 Å². The van der Waals surface area contributed by atoms with Crippen molar-refractivity contribution in [2.45, 2.75) is 12.3 Å². The van der Waals surface area contributed by atoms with E-state index in [9.17, 15) is 4.79 Å². The molecule has 1 unspecified atom stereocenters. The second-order valence-corrected chi connectivity index (χ2v) is 3.99. The Hall–Kier alpha value is -1.42. The molecule has 0 fully saturated rings. The molecule has 86 valence electrons. The van der Waals surface area contributed by atoms with E-state index < -0.39 is 11.9 Å². The van der Waals surface area contributed by atoms with Gasteiger partial charge in [-0.1, -0.05) is 11.6 Å². The molecule has 0 aromatic heterocycles. The molecule has 0 aliphatic carbocycles. The van der Waals surface area contributed by atoms with E-state index in [0.29, 0.717) is 35.1 Å². The summed E-state index contributed by atoms with van der Waals surface area (Å²) in [6.07, 6.45) is 0.450. The molecule has 1 atom stereocenters. The number of fused-ring (bicyclic) bond motifs is 1. The van der Waals surface area contributed by atoms with Gasteiger partial charge in [-0.3, -0.25) is 4.79 Å². The fourth-order valence-electron chi connectivity index (χ4n) is 1.84. The summed E-state index contributed by atoms with van der Waals surface area (Å²) in [5.74, 6) is -0.468. The Labute approximate surface area is 97.7 Å². The number of carboxylic acids is 1. The van der Waals surface area contributed by atoms with Gasteiger partial charge in [-0.15, -0.1) is 0 Å². The van der Waals surface area contributed by atoms with Crippen LogP contribution in [0.25, 0.3) is 0 Å². The van der Waals surface area contributed by atoms with Gasteiger partial charge in [0.15, 0.2) is 11.5 Å². The third kappa shape index (κ3) is 1.80. The zero-order chi connectivity index (χ0) is 11.7. The Kier molecular flexibility index (Phi) is 2.92. The Morgan fingerprint density at radius 1 is 1.62 bits per heavy atom. The van der Waals surface area contributed by atoms with Crippen molar-refractivity contribution < 1.29 is 19.4 Å². The molecule has 1 aliphatic heterocycles. The van der Waals surface area contributed by atoms with Crippen molar-refractivity contribution in [2.24, 2.45) is 0 Å². The summed E-state index contributed by atoms with van der Waals surface area (Å²) in [4.78, 5) is 11.1. The Balaban J connectivity index is 2.55. The first-order valence-corrected chi connectivity index (χ1v) is 5.24. The van der Waals surface area contributed by atoms with Gasteiger partial charge in [-0.05, 0) is 12.5 Å². The van der Waals surface area contributed by atoms with Gasteiger partial charge < -0.3 is 14.6 Å². The molecule has 0 spiro atoms. The van der Waals surface area contributed by atoms with E-state index in [1.54, 1.807) is 12.1 Å². The molecule has 0 bridgehead atoms. The summed E-state index contributed by atoms with van der Waals surface area (Å²) < 4.78 is 10.6. The molecule has 1 aromatic rings. The molecule has 0 saturated heterocycles. The van der Waals surface area contributed by atoms with Gasteiger partial charge in [-0.2, -0.15) is 0 Å². The first-order chi connectivity index (χ1) is 7.63. The van der Waals surface area contributed by atoms with Crippen LogP contribution in [0.1, 0.15) is 17.9 Å². The second-order valence-electron chi connectivity index (χ2n) is 3.55. The van der Waals surface area contributed by atoms with Crippen molar-refractivity contribution in [1.29, 1.82) is 0 Å². The SMILES string of the molecule is COc1cc(Cl)cc2c1OCCC2C(=O)O. The lowest BCUT2D eigenvalue weighted by Crippen LogP contribution is -2.21. The van der Waals surface area contributed by atoms with Crippen LogP contribution >= 0.6 is 11.6 Å². The molecule has 5 heteroatoms. The predicted octanol–water partition coefficient (Wildman–Crippen LogP) is 2.30. The minimum absolute atomic E-state index is 0.377. The highest BCUT2D eigenvalue weighted by molar-refractivity contribution is 6.30. The maximum atomic E-state index is 11.1. The van der Waals surface area contributed by atoms with Gasteiger partial charge in [0.2, 0.25) is 0 Å². The van der Waals surface area contributed by atoms with Gasteiger partial charge in [0.1, 0.15) is 0 Å². The van der Waals surface area contributed by atoms with Crippen LogP contribution in [0.3, 0.4) is 0 Å². The van der Waals surface area contributed by atoms with Crippen LogP contribution in [-0.4, -0.2) is 24.8 Å². The lowest BCUT2D eigenvalue weighted by atomic mass is 9.93. The predicted molar refractivity (Wildman–Crippen MR) is 58.5 cm³/mol. The van der Waals surface area contributed by atoms with Crippen LogP contribution in [0.4, 0.5) is 0 Å². The van der Waals surface area contributed by atoms with Crippen molar-refractivity contribution in [3.8, 4) is 11.5 Å². The molecule has 1 aromatic carbocycles. The monoisotopic (exact) mass is 242 g/mol. The molecule has 0 saturated carbocycles. The standard InChI is InChI=1S/C11H11ClO4/c1-15-9-5-6(12)4-8-7(11(13)14)2-3-16-10(8)9/h4-5,7H,2-3H2,1H3,(H,13,14). The van der Waals surface area contributed by atoms with Crippen LogP contribution in [-0.2, 0) is 4.79 Å². The van der Waals surface area contributed by atoms with E-state index in [4.69, 9.17) is 26.2 Å². The third-order valence-corrected chi connectivity index (χ3v) is 2.81. The number of hydrogen-bond donors (Lipinski definition) is 1. The van der Waals surface area contributed by atoms with Crippen molar-refractivity contribution in [1.82, 2.24) is 0 Å². The number of benzene rings is 1. The van der Waals surface area contributed by atoms with E-state index in [1.165, 1.54) is 7.11 Å². The normalized spacial score (nSPS) is 18.5. The van der Waals surface area contributed by atoms with Crippen molar-refractivity contribution >= 4 is 17.6 Å². The fraction of sp³-hybridized carbons (Fsp3) is 0.364. The fourth-order valence-corrected chi connectivity index (χ4v) is 2.06. The summed E-state index contributed by atoms with van der Waals surface area (Å²) in [7, 11) is 1.50. The Morgan fingerprint density at radius 2 is 2.38 bits per heavy atom. The highest BCUT2D eigenvalue weighted by Crippen LogP contribution is 2.42. The molecule has 0 amide bonds. The zero-order valence-corrected chi connectivity index (χ0v) is 9.45. The average molecular weight is 243 g/mol. The molecule has 1 aliphatic rings. The first kappa shape index (κ1) is 11.1. The lowest BCUT2D eigenvalue weighted by molar-refractivity contribution is -0.139. The molecule has 16 heavy (non-hydrogen) atoms. The molecule has 1 heterocycles. The molecular formula is C11H11ClO4. The number of rotatable bonds is 2. The van der Waals surface area contributed by atoms with Gasteiger partial charge in [-0.25, -0.2) is 0 Å². The highest BCUT2D eigenvalue weighted by Gasteiger charge is 2.30. The minimum atomic E-state index is -0.867. The summed E-state index contributed by atoms with van der Waals surface area (Å²) >= 11 is 5.90. The number of carbonyl (C=O) groups is 1. The zero-order valence-electron chi connectivity index (χ0n) is 8.70. The van der Waals surface area contributed by atoms with E-state index in [2.05, 4.69) is 0 Å². The molecule has 4 nitrogen and oxygen atoms in total. The molecule has 1 N–H and O–H groups in total. The van der Waals surface area contributed by atoms with Crippen LogP contribution in [0, 0.1) is 0 Å². The van der Waals surface area contributed by atoms with Crippen LogP contribution in [0.15, 0.2) is 12.1 Å². The molecular weight excluding hydrogens is 232 g/mol. The maximum absolute atomic E-state index is 11.1. The van der Waals surface area contributed by atoms with Crippen molar-refractivity contribution in [2.75, 3.05) is 13.7 Å². The smallest absolute Gasteiger partial charge is 0.311 e. The minimum Gasteiger partial charge on any atom is -0.493 e. The van der Waals surface area contributed by atoms with Gasteiger partial charge in [0, 0.05) is 16.7 Å². The topological polar surface area (TPSA) is 55.8 Å². The van der Waals surface area contributed by atoms with Crippen molar-refractivity contribution in [3.05, 3.63) is 22.7 Å². The van der Waals surface area contributed by atoms with E-state index in [0.717, 1.165) is 0 Å². The Morgan fingerprint density at radius 3 is 3.00 bits per heavy atom. The first-order valence-electron chi connectivity index (χ1n) is 4.86. The maximum Gasteiger partial charge on any atom is 0.311 e. The number of hydrogen-bond acceptors (Lipinski definition) is 3. The van der Waals surface area contributed by atoms with Crippen LogP contribution in [0.5, 0.6) is 11.5 Å². The second kappa shape index (κ2) is 4.22. The average Bonchev–Trinajstić information content (AvgIpc) is 2.26. The number of carboxylic acid groups (broad SMARTS) is 1. The summed E-state index contributed by atoms with van der Waals surface area (Å²) in [5, 5.41) is 9.55. The van der Waals surface area contributed by atoms with Gasteiger partial charge >= 0.3 is 5.97 Å². The highest BCUT2D eigenvalue weighted by atomic mass is 35.5. The van der Waals surface area contributed by atoms with E-state index >= 15 is 0 Å². The van der Waals surface area contributed by atoms with Gasteiger partial charge in [0.25, 0.3) is 0 Å². The molecule has 0 radical (unpaired) electrons. The number of halogens is 1. The summed E-state index contributed by atoms with van der Waals surface area (Å²) in [6, 6.07) is 3.24. The molecule has 2 rings (SSSR count). The van der Waals surface area contributed by atoms with E-state index in [-0.39, 0.29) is 0 Å². The summed E-state index contributed by atoms with van der Waals surface area (Å²) in [6.45, 7) is 0.377. The van der Waals surface area contributed by atoms with Crippen LogP contribution < -0.4 is 9.47 Å². The number of aliphatic carboxylic acids is 1. The van der Waals surface area contributed by atoms with Gasteiger partial charge in [0.05, 0.1) is 19.6 Å². The summed E-state index contributed by atoms with van der Waals surface area (Å²) in [5.41, 5.74) is 0.586. The number of ether oxygens (including phenoxy) is 2. The van der Waals surface area contributed by atoms with E-state index in [1.807, 2.05) is 0 Å². The lowest BCUT2D eigenvalue weighted by Gasteiger charge is -2.24.